The number of hydrogen-bond acceptors (Lipinski definition) is 4. The van der Waals surface area contributed by atoms with Crippen LogP contribution in [-0.2, 0) is 4.79 Å². The molecule has 0 radical (unpaired) electrons. The van der Waals surface area contributed by atoms with E-state index in [1.54, 1.807) is 42.5 Å². The lowest BCUT2D eigenvalue weighted by molar-refractivity contribution is -0.116. The summed E-state index contributed by atoms with van der Waals surface area (Å²) in [5.74, 6) is 0.173. The van der Waals surface area contributed by atoms with Crippen LogP contribution in [0.25, 0.3) is 0 Å². The van der Waals surface area contributed by atoms with Gasteiger partial charge in [0.25, 0.3) is 5.91 Å². The van der Waals surface area contributed by atoms with Crippen molar-refractivity contribution >= 4 is 52.1 Å². The Hall–Kier alpha value is -2.64. The molecule has 29 heavy (non-hydrogen) atoms. The lowest BCUT2D eigenvalue weighted by Gasteiger charge is -2.13. The quantitative estimate of drug-likeness (QED) is 0.511. The van der Waals surface area contributed by atoms with Crippen LogP contribution in [-0.4, -0.2) is 23.5 Å². The van der Waals surface area contributed by atoms with Gasteiger partial charge in [-0.05, 0) is 61.5 Å². The van der Waals surface area contributed by atoms with E-state index in [1.807, 2.05) is 13.8 Å². The zero-order chi connectivity index (χ0) is 21.2. The van der Waals surface area contributed by atoms with E-state index < -0.39 is 0 Å². The minimum atomic E-state index is -0.368. The third kappa shape index (κ3) is 7.36. The first kappa shape index (κ1) is 22.6. The fourth-order valence-electron chi connectivity index (χ4n) is 2.43. The van der Waals surface area contributed by atoms with Gasteiger partial charge in [0.05, 0.1) is 17.3 Å². The molecule has 2 aromatic rings. The molecule has 0 atom stereocenters. The Morgan fingerprint density at radius 1 is 1.07 bits per heavy atom. The van der Waals surface area contributed by atoms with E-state index in [2.05, 4.69) is 16.0 Å². The number of hydrogen-bond donors (Lipinski definition) is 3. The largest absolute Gasteiger partial charge is 0.494 e. The van der Waals surface area contributed by atoms with Gasteiger partial charge in [0.2, 0.25) is 5.91 Å². The fraction of sp³-hybridized carbons (Fsp3) is 0.286. The summed E-state index contributed by atoms with van der Waals surface area (Å²) in [4.78, 5) is 24.2. The summed E-state index contributed by atoms with van der Waals surface area (Å²) in [5.41, 5.74) is 1.49. The fourth-order valence-corrected chi connectivity index (χ4v) is 2.79. The van der Waals surface area contributed by atoms with Crippen molar-refractivity contribution in [1.29, 1.82) is 0 Å². The molecule has 154 valence electrons. The van der Waals surface area contributed by atoms with Crippen LogP contribution in [0.5, 0.6) is 5.75 Å². The maximum absolute atomic E-state index is 12.5. The van der Waals surface area contributed by atoms with Gasteiger partial charge in [-0.15, -0.1) is 0 Å². The molecule has 0 spiro atoms. The van der Waals surface area contributed by atoms with Crippen molar-refractivity contribution in [3.8, 4) is 5.75 Å². The van der Waals surface area contributed by atoms with Crippen LogP contribution in [0.1, 0.15) is 43.5 Å². The second-order valence-corrected chi connectivity index (χ2v) is 7.09. The highest BCUT2D eigenvalue weighted by molar-refractivity contribution is 7.80. The van der Waals surface area contributed by atoms with Crippen molar-refractivity contribution in [3.05, 3.63) is 53.1 Å². The van der Waals surface area contributed by atoms with Crippen LogP contribution in [0.3, 0.4) is 0 Å². The number of carbonyl (C=O) groups is 2. The number of thiocarbonyl (C=S) groups is 1. The van der Waals surface area contributed by atoms with Gasteiger partial charge in [-0.1, -0.05) is 31.5 Å². The van der Waals surface area contributed by atoms with E-state index in [1.165, 1.54) is 0 Å². The molecule has 0 saturated heterocycles. The molecule has 0 aromatic heterocycles. The maximum Gasteiger partial charge on any atom is 0.257 e. The second-order valence-electron chi connectivity index (χ2n) is 6.28. The standard InChI is InChI=1S/C21H24ClN3O3S/c1-3-6-19(26)23-15-9-10-17(22)18(13-15)24-21(29)25-20(27)14-7-5-8-16(12-14)28-11-4-2/h5,7-10,12-13H,3-4,6,11H2,1-2H3,(H,23,26)(H2,24,25,27,29). The normalized spacial score (nSPS) is 10.2. The molecule has 8 heteroatoms. The zero-order valence-corrected chi connectivity index (χ0v) is 18.0. The summed E-state index contributed by atoms with van der Waals surface area (Å²) in [7, 11) is 0. The van der Waals surface area contributed by atoms with Crippen LogP contribution in [0.4, 0.5) is 11.4 Å². The Bertz CT molecular complexity index is 889. The molecule has 0 saturated carbocycles. The number of rotatable bonds is 8. The molecule has 0 aliphatic carbocycles. The summed E-state index contributed by atoms with van der Waals surface area (Å²) in [5, 5.41) is 8.80. The summed E-state index contributed by atoms with van der Waals surface area (Å²) >= 11 is 11.4. The Labute approximate surface area is 181 Å². The van der Waals surface area contributed by atoms with Crippen molar-refractivity contribution in [1.82, 2.24) is 5.32 Å². The molecule has 0 unspecified atom stereocenters. The third-order valence-electron chi connectivity index (χ3n) is 3.77. The van der Waals surface area contributed by atoms with Crippen LogP contribution >= 0.6 is 23.8 Å². The van der Waals surface area contributed by atoms with Gasteiger partial charge in [-0.3, -0.25) is 14.9 Å². The number of carbonyl (C=O) groups excluding carboxylic acids is 2. The number of amides is 2. The molecule has 2 aromatic carbocycles. The Morgan fingerprint density at radius 2 is 1.86 bits per heavy atom. The first-order valence-electron chi connectivity index (χ1n) is 9.37. The zero-order valence-electron chi connectivity index (χ0n) is 16.4. The van der Waals surface area contributed by atoms with Crippen molar-refractivity contribution < 1.29 is 14.3 Å². The summed E-state index contributed by atoms with van der Waals surface area (Å²) in [6.07, 6.45) is 2.06. The van der Waals surface area contributed by atoms with E-state index in [-0.39, 0.29) is 16.9 Å². The predicted octanol–water partition coefficient (Wildman–Crippen LogP) is 4.99. The van der Waals surface area contributed by atoms with Crippen molar-refractivity contribution in [2.24, 2.45) is 0 Å². The van der Waals surface area contributed by atoms with Crippen molar-refractivity contribution in [2.45, 2.75) is 33.1 Å². The minimum absolute atomic E-state index is 0.0816. The molecular weight excluding hydrogens is 410 g/mol. The topological polar surface area (TPSA) is 79.5 Å². The van der Waals surface area contributed by atoms with Gasteiger partial charge in [0, 0.05) is 17.7 Å². The molecule has 0 aliphatic heterocycles. The first-order chi connectivity index (χ1) is 13.9. The van der Waals surface area contributed by atoms with E-state index in [4.69, 9.17) is 28.6 Å². The minimum Gasteiger partial charge on any atom is -0.494 e. The van der Waals surface area contributed by atoms with Crippen molar-refractivity contribution in [3.63, 3.8) is 0 Å². The average molecular weight is 434 g/mol. The number of benzene rings is 2. The van der Waals surface area contributed by atoms with Gasteiger partial charge in [-0.2, -0.15) is 0 Å². The Morgan fingerprint density at radius 3 is 2.59 bits per heavy atom. The van der Waals surface area contributed by atoms with Gasteiger partial charge in [0.15, 0.2) is 5.11 Å². The van der Waals surface area contributed by atoms with Gasteiger partial charge in [-0.25, -0.2) is 0 Å². The van der Waals surface area contributed by atoms with Crippen LogP contribution in [0, 0.1) is 0 Å². The van der Waals surface area contributed by atoms with Crippen LogP contribution in [0.15, 0.2) is 42.5 Å². The van der Waals surface area contributed by atoms with Crippen molar-refractivity contribution in [2.75, 3.05) is 17.2 Å². The third-order valence-corrected chi connectivity index (χ3v) is 4.31. The molecule has 2 rings (SSSR count). The summed E-state index contributed by atoms with van der Waals surface area (Å²) in [6.45, 7) is 4.52. The van der Waals surface area contributed by atoms with Gasteiger partial charge >= 0.3 is 0 Å². The molecule has 0 heterocycles. The number of ether oxygens (including phenoxy) is 1. The molecule has 2 amide bonds. The highest BCUT2D eigenvalue weighted by Crippen LogP contribution is 2.25. The number of anilines is 2. The highest BCUT2D eigenvalue weighted by Gasteiger charge is 2.11. The summed E-state index contributed by atoms with van der Waals surface area (Å²) in [6, 6.07) is 11.9. The molecule has 0 aliphatic rings. The SMILES string of the molecule is CCCOc1cccc(C(=O)NC(=S)Nc2cc(NC(=O)CCC)ccc2Cl)c1. The first-order valence-corrected chi connectivity index (χ1v) is 10.2. The molecular formula is C21H24ClN3O3S. The van der Waals surface area contributed by atoms with Gasteiger partial charge in [0.1, 0.15) is 5.75 Å². The molecule has 3 N–H and O–H groups in total. The number of nitrogens with one attached hydrogen (secondary N) is 3. The molecule has 0 bridgehead atoms. The second kappa shape index (κ2) is 11.4. The van der Waals surface area contributed by atoms with E-state index in [9.17, 15) is 9.59 Å². The predicted molar refractivity (Wildman–Crippen MR) is 121 cm³/mol. The van der Waals surface area contributed by atoms with Crippen LogP contribution < -0.4 is 20.7 Å². The van der Waals surface area contributed by atoms with E-state index >= 15 is 0 Å². The molecule has 0 fully saturated rings. The Kier molecular flexibility index (Phi) is 8.89. The monoisotopic (exact) mass is 433 g/mol. The lowest BCUT2D eigenvalue weighted by Crippen LogP contribution is -2.34. The van der Waals surface area contributed by atoms with Gasteiger partial charge < -0.3 is 15.4 Å². The van der Waals surface area contributed by atoms with E-state index in [0.717, 1.165) is 12.8 Å². The van der Waals surface area contributed by atoms with E-state index in [0.29, 0.717) is 40.7 Å². The number of halogens is 1. The summed E-state index contributed by atoms with van der Waals surface area (Å²) < 4.78 is 5.54. The smallest absolute Gasteiger partial charge is 0.257 e. The highest BCUT2D eigenvalue weighted by atomic mass is 35.5. The molecule has 6 nitrogen and oxygen atoms in total. The van der Waals surface area contributed by atoms with Crippen LogP contribution in [0.2, 0.25) is 5.02 Å². The maximum atomic E-state index is 12.5. The average Bonchev–Trinajstić information content (AvgIpc) is 2.69. The lowest BCUT2D eigenvalue weighted by atomic mass is 10.2. The Balaban J connectivity index is 2.01.